The molecule has 0 saturated carbocycles. The molecule has 2 aromatic carbocycles. The molecule has 0 amide bonds. The van der Waals surface area contributed by atoms with Crippen LogP contribution in [0, 0.1) is 11.3 Å². The lowest BCUT2D eigenvalue weighted by atomic mass is 10.1. The van der Waals surface area contributed by atoms with Crippen LogP contribution in [0.1, 0.15) is 28.0 Å². The lowest BCUT2D eigenvalue weighted by molar-refractivity contribution is -0.137. The van der Waals surface area contributed by atoms with E-state index in [1.807, 2.05) is 12.1 Å². The number of rotatable bonds is 6. The Bertz CT molecular complexity index is 1110. The standard InChI is InChI=1S/C24H21ClF3N3S/c25-23-12-20(7-6-18(23)13-29)31(14-17-3-1-4-19(11-17)24(26,27)28)21-8-9-30(15-21)16-22-5-2-10-32-22/h1-7,10-12,21H,8-9,14-16H2/t21-/m0/s1. The maximum absolute atomic E-state index is 13.2. The third-order valence-electron chi connectivity index (χ3n) is 5.66. The Balaban J connectivity index is 1.60. The highest BCUT2D eigenvalue weighted by molar-refractivity contribution is 7.09. The molecule has 32 heavy (non-hydrogen) atoms. The molecule has 2 heterocycles. The van der Waals surface area contributed by atoms with E-state index in [-0.39, 0.29) is 6.04 Å². The summed E-state index contributed by atoms with van der Waals surface area (Å²) in [5.74, 6) is 0. The minimum absolute atomic E-state index is 0.119. The van der Waals surface area contributed by atoms with Crippen molar-refractivity contribution in [2.75, 3.05) is 18.0 Å². The van der Waals surface area contributed by atoms with E-state index in [1.54, 1.807) is 29.5 Å². The molecule has 0 radical (unpaired) electrons. The van der Waals surface area contributed by atoms with Crippen LogP contribution in [0.2, 0.25) is 5.02 Å². The molecule has 8 heteroatoms. The molecular formula is C24H21ClF3N3S. The van der Waals surface area contributed by atoms with E-state index in [4.69, 9.17) is 11.6 Å². The zero-order chi connectivity index (χ0) is 22.7. The second-order valence-corrected chi connectivity index (χ2v) is 9.30. The number of anilines is 1. The summed E-state index contributed by atoms with van der Waals surface area (Å²) in [6, 6.07) is 17.0. The molecule has 1 saturated heterocycles. The third kappa shape index (κ3) is 5.26. The van der Waals surface area contributed by atoms with Gasteiger partial charge in [-0.15, -0.1) is 11.3 Å². The number of hydrogen-bond acceptors (Lipinski definition) is 4. The summed E-state index contributed by atoms with van der Waals surface area (Å²) in [6.45, 7) is 2.89. The van der Waals surface area contributed by atoms with E-state index in [0.717, 1.165) is 37.8 Å². The zero-order valence-electron chi connectivity index (χ0n) is 17.1. The Hall–Kier alpha value is -2.53. The Morgan fingerprint density at radius 1 is 1.16 bits per heavy atom. The van der Waals surface area contributed by atoms with Gasteiger partial charge < -0.3 is 4.90 Å². The number of nitriles is 1. The number of halogens is 4. The van der Waals surface area contributed by atoms with Gasteiger partial charge in [-0.25, -0.2) is 0 Å². The van der Waals surface area contributed by atoms with Gasteiger partial charge in [-0.1, -0.05) is 29.8 Å². The van der Waals surface area contributed by atoms with Crippen molar-refractivity contribution in [3.05, 3.63) is 86.6 Å². The van der Waals surface area contributed by atoms with E-state index < -0.39 is 11.7 Å². The smallest absolute Gasteiger partial charge is 0.363 e. The topological polar surface area (TPSA) is 30.3 Å². The molecule has 3 nitrogen and oxygen atoms in total. The predicted molar refractivity (Wildman–Crippen MR) is 122 cm³/mol. The number of thiophene rings is 1. The molecule has 1 aliphatic heterocycles. The van der Waals surface area contributed by atoms with Crippen LogP contribution < -0.4 is 4.90 Å². The highest BCUT2D eigenvalue weighted by Gasteiger charge is 2.32. The lowest BCUT2D eigenvalue weighted by Gasteiger charge is -2.32. The average molecular weight is 476 g/mol. The zero-order valence-corrected chi connectivity index (χ0v) is 18.7. The first-order valence-corrected chi connectivity index (χ1v) is 11.5. The van der Waals surface area contributed by atoms with Crippen LogP contribution in [0.5, 0.6) is 0 Å². The van der Waals surface area contributed by atoms with Gasteiger partial charge in [0.05, 0.1) is 16.1 Å². The van der Waals surface area contributed by atoms with Gasteiger partial charge in [0, 0.05) is 42.8 Å². The van der Waals surface area contributed by atoms with Crippen molar-refractivity contribution in [3.8, 4) is 6.07 Å². The van der Waals surface area contributed by atoms with Crippen LogP contribution in [0.4, 0.5) is 18.9 Å². The Labute approximate surface area is 194 Å². The Kier molecular flexibility index (Phi) is 6.75. The van der Waals surface area contributed by atoms with Crippen LogP contribution in [0.3, 0.4) is 0 Å². The SMILES string of the molecule is N#Cc1ccc(N(Cc2cccc(C(F)(F)F)c2)[C@H]2CCN(Cc3cccs3)C2)cc1Cl. The van der Waals surface area contributed by atoms with Crippen LogP contribution in [0.25, 0.3) is 0 Å². The molecule has 0 unspecified atom stereocenters. The summed E-state index contributed by atoms with van der Waals surface area (Å²) in [5.41, 5.74) is 1.10. The molecule has 1 aliphatic rings. The molecule has 1 atom stereocenters. The van der Waals surface area contributed by atoms with Gasteiger partial charge in [-0.2, -0.15) is 18.4 Å². The molecule has 1 fully saturated rings. The number of nitrogens with zero attached hydrogens (tertiary/aromatic N) is 3. The first-order valence-electron chi connectivity index (χ1n) is 10.2. The van der Waals surface area contributed by atoms with Crippen molar-refractivity contribution in [1.29, 1.82) is 5.26 Å². The van der Waals surface area contributed by atoms with Gasteiger partial charge in [0.2, 0.25) is 0 Å². The molecular weight excluding hydrogens is 455 g/mol. The summed E-state index contributed by atoms with van der Waals surface area (Å²) >= 11 is 8.00. The van der Waals surface area contributed by atoms with E-state index in [9.17, 15) is 18.4 Å². The summed E-state index contributed by atoms with van der Waals surface area (Å²) in [4.78, 5) is 5.76. The summed E-state index contributed by atoms with van der Waals surface area (Å²) < 4.78 is 39.7. The second kappa shape index (κ2) is 9.53. The normalized spacial score (nSPS) is 16.8. The maximum atomic E-state index is 13.2. The average Bonchev–Trinajstić information content (AvgIpc) is 3.44. The van der Waals surface area contributed by atoms with E-state index >= 15 is 0 Å². The fraction of sp³-hybridized carbons (Fsp3) is 0.292. The molecule has 0 bridgehead atoms. The Morgan fingerprint density at radius 2 is 2.00 bits per heavy atom. The van der Waals surface area contributed by atoms with Gasteiger partial charge in [0.1, 0.15) is 6.07 Å². The van der Waals surface area contributed by atoms with Gasteiger partial charge in [0.15, 0.2) is 0 Å². The lowest BCUT2D eigenvalue weighted by Crippen LogP contribution is -2.37. The number of likely N-dealkylation sites (tertiary alicyclic amines) is 1. The van der Waals surface area contributed by atoms with Crippen LogP contribution in [-0.2, 0) is 19.3 Å². The van der Waals surface area contributed by atoms with Gasteiger partial charge >= 0.3 is 6.18 Å². The molecule has 3 aromatic rings. The summed E-state index contributed by atoms with van der Waals surface area (Å²) in [7, 11) is 0. The third-order valence-corrected chi connectivity index (χ3v) is 6.83. The fourth-order valence-electron chi connectivity index (χ4n) is 4.08. The second-order valence-electron chi connectivity index (χ2n) is 7.86. The van der Waals surface area contributed by atoms with Crippen molar-refractivity contribution >= 4 is 28.6 Å². The van der Waals surface area contributed by atoms with Gasteiger partial charge in [-0.3, -0.25) is 4.90 Å². The van der Waals surface area contributed by atoms with E-state index in [0.29, 0.717) is 22.7 Å². The maximum Gasteiger partial charge on any atom is 0.416 e. The molecule has 166 valence electrons. The Morgan fingerprint density at radius 3 is 2.69 bits per heavy atom. The van der Waals surface area contributed by atoms with Crippen LogP contribution in [-0.4, -0.2) is 24.0 Å². The first kappa shape index (κ1) is 22.7. The minimum Gasteiger partial charge on any atom is -0.363 e. The van der Waals surface area contributed by atoms with Crippen molar-refractivity contribution < 1.29 is 13.2 Å². The quantitative estimate of drug-likeness (QED) is 0.403. The summed E-state index contributed by atoms with van der Waals surface area (Å²) in [5, 5.41) is 11.6. The van der Waals surface area contributed by atoms with Crippen molar-refractivity contribution in [3.63, 3.8) is 0 Å². The molecule has 0 aliphatic carbocycles. The van der Waals surface area contributed by atoms with Crippen LogP contribution >= 0.6 is 22.9 Å². The van der Waals surface area contributed by atoms with Gasteiger partial charge in [0.25, 0.3) is 0 Å². The minimum atomic E-state index is -4.39. The number of hydrogen-bond donors (Lipinski definition) is 0. The van der Waals surface area contributed by atoms with Crippen LogP contribution in [0.15, 0.2) is 60.0 Å². The fourth-order valence-corrected chi connectivity index (χ4v) is 5.04. The van der Waals surface area contributed by atoms with Crippen molar-refractivity contribution in [2.45, 2.75) is 31.7 Å². The molecule has 0 N–H and O–H groups in total. The largest absolute Gasteiger partial charge is 0.416 e. The molecule has 4 rings (SSSR count). The highest BCUT2D eigenvalue weighted by atomic mass is 35.5. The van der Waals surface area contributed by atoms with Crippen molar-refractivity contribution in [1.82, 2.24) is 4.90 Å². The van der Waals surface area contributed by atoms with Gasteiger partial charge in [-0.05, 0) is 53.8 Å². The number of benzene rings is 2. The predicted octanol–water partition coefficient (Wildman–Crippen LogP) is 6.57. The van der Waals surface area contributed by atoms with E-state index in [2.05, 4.69) is 27.3 Å². The summed E-state index contributed by atoms with van der Waals surface area (Å²) in [6.07, 6.45) is -3.49. The number of alkyl halides is 3. The molecule has 0 spiro atoms. The highest BCUT2D eigenvalue weighted by Crippen LogP contribution is 2.32. The monoisotopic (exact) mass is 475 g/mol. The van der Waals surface area contributed by atoms with E-state index in [1.165, 1.54) is 17.0 Å². The first-order chi connectivity index (χ1) is 15.3. The van der Waals surface area contributed by atoms with Crippen molar-refractivity contribution in [2.24, 2.45) is 0 Å². The molecule has 1 aromatic heterocycles.